The lowest BCUT2D eigenvalue weighted by Crippen LogP contribution is -2.42. The second kappa shape index (κ2) is 7.28. The molecule has 0 spiro atoms. The van der Waals surface area contributed by atoms with Gasteiger partial charge >= 0.3 is 0 Å². The first-order valence-electron chi connectivity index (χ1n) is 8.94. The van der Waals surface area contributed by atoms with E-state index in [1.807, 2.05) is 61.2 Å². The smallest absolute Gasteiger partial charge is 0.256 e. The summed E-state index contributed by atoms with van der Waals surface area (Å²) in [5.74, 6) is -0.0344. The van der Waals surface area contributed by atoms with Crippen LogP contribution in [0.5, 0.6) is 0 Å². The fourth-order valence-corrected chi connectivity index (χ4v) is 3.41. The highest BCUT2D eigenvalue weighted by molar-refractivity contribution is 5.98. The van der Waals surface area contributed by atoms with Crippen LogP contribution in [0.15, 0.2) is 48.8 Å². The summed E-state index contributed by atoms with van der Waals surface area (Å²) in [6, 6.07) is 13.8. The van der Waals surface area contributed by atoms with Gasteiger partial charge in [0.1, 0.15) is 12.4 Å². The summed E-state index contributed by atoms with van der Waals surface area (Å²) >= 11 is 0. The maximum Gasteiger partial charge on any atom is 0.256 e. The minimum atomic E-state index is -0.119. The van der Waals surface area contributed by atoms with E-state index in [1.54, 1.807) is 4.68 Å². The molecule has 2 aromatic carbocycles. The van der Waals surface area contributed by atoms with E-state index in [1.165, 1.54) is 6.33 Å². The van der Waals surface area contributed by atoms with Crippen molar-refractivity contribution in [2.75, 3.05) is 19.7 Å². The number of carbonyl (C=O) groups excluding carboxylic acids is 1. The molecule has 0 saturated carbocycles. The van der Waals surface area contributed by atoms with Gasteiger partial charge in [-0.3, -0.25) is 4.79 Å². The maximum absolute atomic E-state index is 13.3. The molecule has 0 unspecified atom stereocenters. The van der Waals surface area contributed by atoms with Crippen molar-refractivity contribution in [1.29, 1.82) is 0 Å². The van der Waals surface area contributed by atoms with Crippen LogP contribution >= 0.6 is 0 Å². The number of hydrogen-bond donors (Lipinski definition) is 0. The molecule has 27 heavy (non-hydrogen) atoms. The van der Waals surface area contributed by atoms with Crippen LogP contribution in [0.2, 0.25) is 0 Å². The average Bonchev–Trinajstić information content (AvgIpc) is 3.24. The van der Waals surface area contributed by atoms with E-state index in [2.05, 4.69) is 15.5 Å². The third kappa shape index (κ3) is 3.33. The molecule has 7 heteroatoms. The minimum Gasteiger partial charge on any atom is -0.370 e. The van der Waals surface area contributed by atoms with E-state index < -0.39 is 0 Å². The molecule has 0 N–H and O–H groups in total. The highest BCUT2D eigenvalue weighted by Crippen LogP contribution is 2.26. The number of morpholine rings is 1. The predicted octanol–water partition coefficient (Wildman–Crippen LogP) is 2.49. The SMILES string of the molecule is Cc1ccc(C(=O)N2CCO[C@@H](c3ccccc3)C2)c(-n2cnnn2)c1C. The topological polar surface area (TPSA) is 73.1 Å². The molecule has 1 aliphatic heterocycles. The summed E-state index contributed by atoms with van der Waals surface area (Å²) in [4.78, 5) is 15.2. The first kappa shape index (κ1) is 17.4. The molecular weight excluding hydrogens is 342 g/mol. The van der Waals surface area contributed by atoms with E-state index >= 15 is 0 Å². The largest absolute Gasteiger partial charge is 0.370 e. The second-order valence-corrected chi connectivity index (χ2v) is 6.68. The van der Waals surface area contributed by atoms with Crippen molar-refractivity contribution in [1.82, 2.24) is 25.1 Å². The molecule has 1 aliphatic rings. The molecule has 1 saturated heterocycles. The molecule has 7 nitrogen and oxygen atoms in total. The van der Waals surface area contributed by atoms with Crippen molar-refractivity contribution in [3.8, 4) is 5.69 Å². The first-order chi connectivity index (χ1) is 13.1. The summed E-state index contributed by atoms with van der Waals surface area (Å²) in [6.07, 6.45) is 1.40. The van der Waals surface area contributed by atoms with E-state index in [9.17, 15) is 4.79 Å². The number of amides is 1. The molecule has 4 rings (SSSR count). The molecule has 1 fully saturated rings. The molecule has 1 aromatic heterocycles. The Labute approximate surface area is 157 Å². The number of nitrogens with zero attached hydrogens (tertiary/aromatic N) is 5. The Hall–Kier alpha value is -3.06. The van der Waals surface area contributed by atoms with E-state index in [-0.39, 0.29) is 12.0 Å². The molecule has 3 aromatic rings. The highest BCUT2D eigenvalue weighted by Gasteiger charge is 2.28. The molecular formula is C20H21N5O2. The van der Waals surface area contributed by atoms with Crippen LogP contribution in [0.1, 0.15) is 33.2 Å². The Bertz CT molecular complexity index is 941. The summed E-state index contributed by atoms with van der Waals surface area (Å²) in [5, 5.41) is 11.4. The number of tetrazole rings is 1. The van der Waals surface area contributed by atoms with Crippen LogP contribution in [-0.2, 0) is 4.74 Å². The molecule has 0 bridgehead atoms. The number of ether oxygens (including phenoxy) is 1. The monoisotopic (exact) mass is 363 g/mol. The number of benzene rings is 2. The van der Waals surface area contributed by atoms with E-state index in [4.69, 9.17) is 4.74 Å². The molecule has 0 radical (unpaired) electrons. The fraction of sp³-hybridized carbons (Fsp3) is 0.300. The van der Waals surface area contributed by atoms with Crippen molar-refractivity contribution in [3.63, 3.8) is 0 Å². The van der Waals surface area contributed by atoms with Gasteiger partial charge in [-0.1, -0.05) is 36.4 Å². The van der Waals surface area contributed by atoms with Gasteiger partial charge < -0.3 is 9.64 Å². The zero-order valence-electron chi connectivity index (χ0n) is 15.4. The van der Waals surface area contributed by atoms with Crippen molar-refractivity contribution in [3.05, 3.63) is 71.0 Å². The molecule has 2 heterocycles. The summed E-state index contributed by atoms with van der Waals surface area (Å²) in [5.41, 5.74) is 4.48. The number of aromatic nitrogens is 4. The van der Waals surface area contributed by atoms with Crippen LogP contribution in [-0.4, -0.2) is 50.7 Å². The van der Waals surface area contributed by atoms with Crippen molar-refractivity contribution in [2.45, 2.75) is 20.0 Å². The quantitative estimate of drug-likeness (QED) is 0.715. The fourth-order valence-electron chi connectivity index (χ4n) is 3.41. The zero-order valence-corrected chi connectivity index (χ0v) is 15.4. The number of carbonyl (C=O) groups is 1. The summed E-state index contributed by atoms with van der Waals surface area (Å²) in [7, 11) is 0. The van der Waals surface area contributed by atoms with Crippen molar-refractivity contribution < 1.29 is 9.53 Å². The highest BCUT2D eigenvalue weighted by atomic mass is 16.5. The lowest BCUT2D eigenvalue weighted by Gasteiger charge is -2.33. The van der Waals surface area contributed by atoms with Crippen molar-refractivity contribution in [2.24, 2.45) is 0 Å². The minimum absolute atomic E-state index is 0.0344. The van der Waals surface area contributed by atoms with Crippen LogP contribution in [0.3, 0.4) is 0 Å². The summed E-state index contributed by atoms with van der Waals surface area (Å²) in [6.45, 7) is 5.58. The Morgan fingerprint density at radius 1 is 1.15 bits per heavy atom. The molecule has 0 aliphatic carbocycles. The lowest BCUT2D eigenvalue weighted by atomic mass is 10.0. The Morgan fingerprint density at radius 3 is 2.70 bits per heavy atom. The van der Waals surface area contributed by atoms with E-state index in [0.717, 1.165) is 22.4 Å². The van der Waals surface area contributed by atoms with Gasteiger partial charge in [0.05, 0.1) is 24.4 Å². The summed E-state index contributed by atoms with van der Waals surface area (Å²) < 4.78 is 7.45. The van der Waals surface area contributed by atoms with Crippen molar-refractivity contribution >= 4 is 5.91 Å². The zero-order chi connectivity index (χ0) is 18.8. The van der Waals surface area contributed by atoms with Gasteiger partial charge in [0.25, 0.3) is 5.91 Å². The standard InChI is InChI=1S/C20H21N5O2/c1-14-8-9-17(19(15(14)2)25-13-21-22-23-25)20(26)24-10-11-27-18(12-24)16-6-4-3-5-7-16/h3-9,13,18H,10-12H2,1-2H3/t18-/m1/s1. The Balaban J connectivity index is 1.66. The van der Waals surface area contributed by atoms with Crippen LogP contribution in [0, 0.1) is 13.8 Å². The average molecular weight is 363 g/mol. The maximum atomic E-state index is 13.3. The Kier molecular flexibility index (Phi) is 4.68. The first-order valence-corrected chi connectivity index (χ1v) is 8.94. The van der Waals surface area contributed by atoms with Gasteiger partial charge in [0.15, 0.2) is 0 Å². The third-order valence-corrected chi connectivity index (χ3v) is 5.04. The molecule has 138 valence electrons. The lowest BCUT2D eigenvalue weighted by molar-refractivity contribution is -0.0228. The van der Waals surface area contributed by atoms with Gasteiger partial charge in [-0.2, -0.15) is 4.68 Å². The Morgan fingerprint density at radius 2 is 1.96 bits per heavy atom. The number of rotatable bonds is 3. The van der Waals surface area contributed by atoms with Gasteiger partial charge in [-0.25, -0.2) is 0 Å². The number of hydrogen-bond acceptors (Lipinski definition) is 5. The second-order valence-electron chi connectivity index (χ2n) is 6.68. The van der Waals surface area contributed by atoms with Gasteiger partial charge in [-0.05, 0) is 47.0 Å². The van der Waals surface area contributed by atoms with Crippen LogP contribution in [0.25, 0.3) is 5.69 Å². The van der Waals surface area contributed by atoms with E-state index in [0.29, 0.717) is 25.3 Å². The molecule has 1 atom stereocenters. The normalized spacial score (nSPS) is 17.1. The van der Waals surface area contributed by atoms with Gasteiger partial charge in [0, 0.05) is 6.54 Å². The van der Waals surface area contributed by atoms with Gasteiger partial charge in [-0.15, -0.1) is 5.10 Å². The molecule has 1 amide bonds. The third-order valence-electron chi connectivity index (χ3n) is 5.04. The van der Waals surface area contributed by atoms with Crippen LogP contribution < -0.4 is 0 Å². The van der Waals surface area contributed by atoms with Gasteiger partial charge in [0.2, 0.25) is 0 Å². The van der Waals surface area contributed by atoms with Crippen LogP contribution in [0.4, 0.5) is 0 Å². The number of aryl methyl sites for hydroxylation is 1. The predicted molar refractivity (Wildman–Crippen MR) is 99.7 cm³/mol.